The molecule has 3 aliphatic rings. The first-order valence-corrected chi connectivity index (χ1v) is 12.9. The molecule has 0 heterocycles. The standard InChI is InChI=1S/C27H39NS/c1-2-20-7-9-21(10-8-20)22-11-13-23(14-12-22)24-15-17-25(18-16-24)26-5-3-4-6-27(26)28-19-29/h3-6,20-25H,2,7-18H2,1H3. The monoisotopic (exact) mass is 409 g/mol. The molecule has 1 aromatic carbocycles. The molecule has 1 aromatic rings. The first-order chi connectivity index (χ1) is 14.3. The van der Waals surface area contributed by atoms with Gasteiger partial charge in [-0.25, -0.2) is 0 Å². The van der Waals surface area contributed by atoms with Gasteiger partial charge < -0.3 is 0 Å². The van der Waals surface area contributed by atoms with Crippen LogP contribution < -0.4 is 0 Å². The highest BCUT2D eigenvalue weighted by Gasteiger charge is 2.34. The lowest BCUT2D eigenvalue weighted by molar-refractivity contribution is 0.109. The van der Waals surface area contributed by atoms with Gasteiger partial charge in [-0.15, -0.1) is 0 Å². The zero-order valence-electron chi connectivity index (χ0n) is 18.3. The predicted octanol–water partition coefficient (Wildman–Crippen LogP) is 8.72. The topological polar surface area (TPSA) is 12.4 Å². The van der Waals surface area contributed by atoms with Gasteiger partial charge in [-0.05, 0) is 124 Å². The maximum atomic E-state index is 4.85. The van der Waals surface area contributed by atoms with E-state index in [9.17, 15) is 0 Å². The van der Waals surface area contributed by atoms with E-state index in [1.54, 1.807) is 0 Å². The van der Waals surface area contributed by atoms with E-state index in [4.69, 9.17) is 12.2 Å². The zero-order valence-corrected chi connectivity index (χ0v) is 19.1. The third kappa shape index (κ3) is 5.20. The fourth-order valence-electron chi connectivity index (χ4n) is 7.04. The first-order valence-electron chi connectivity index (χ1n) is 12.4. The first kappa shape index (κ1) is 21.3. The number of benzene rings is 1. The Morgan fingerprint density at radius 3 is 1.76 bits per heavy atom. The van der Waals surface area contributed by atoms with Crippen molar-refractivity contribution in [1.29, 1.82) is 0 Å². The van der Waals surface area contributed by atoms with Crippen molar-refractivity contribution in [2.75, 3.05) is 0 Å². The molecular formula is C27H39NS. The minimum atomic E-state index is 0.666. The lowest BCUT2D eigenvalue weighted by Gasteiger charge is -2.41. The Morgan fingerprint density at radius 2 is 1.24 bits per heavy atom. The fraction of sp³-hybridized carbons (Fsp3) is 0.741. The van der Waals surface area contributed by atoms with Gasteiger partial charge in [0.05, 0.1) is 10.8 Å². The number of thiocarbonyl (C=S) groups is 1. The highest BCUT2D eigenvalue weighted by Crippen LogP contribution is 2.48. The largest absolute Gasteiger partial charge is 0.194 e. The number of rotatable bonds is 5. The molecule has 158 valence electrons. The molecule has 3 saturated carbocycles. The van der Waals surface area contributed by atoms with Crippen molar-refractivity contribution >= 4 is 23.1 Å². The summed E-state index contributed by atoms with van der Waals surface area (Å²) in [5.74, 6) is 5.81. The molecule has 0 radical (unpaired) electrons. The number of hydrogen-bond acceptors (Lipinski definition) is 2. The molecule has 0 aromatic heterocycles. The van der Waals surface area contributed by atoms with Crippen LogP contribution in [0.2, 0.25) is 0 Å². The minimum Gasteiger partial charge on any atom is -0.194 e. The van der Waals surface area contributed by atoms with Gasteiger partial charge in [0.2, 0.25) is 0 Å². The molecule has 0 N–H and O–H groups in total. The van der Waals surface area contributed by atoms with Crippen LogP contribution in [0.15, 0.2) is 29.3 Å². The van der Waals surface area contributed by atoms with Crippen molar-refractivity contribution in [3.05, 3.63) is 29.8 Å². The van der Waals surface area contributed by atoms with Gasteiger partial charge in [-0.2, -0.15) is 4.99 Å². The third-order valence-electron chi connectivity index (χ3n) is 8.93. The summed E-state index contributed by atoms with van der Waals surface area (Å²) in [7, 11) is 0. The van der Waals surface area contributed by atoms with E-state index in [1.807, 2.05) is 0 Å². The van der Waals surface area contributed by atoms with Gasteiger partial charge in [0.1, 0.15) is 0 Å². The van der Waals surface area contributed by atoms with Crippen LogP contribution in [-0.4, -0.2) is 5.16 Å². The Hall–Kier alpha value is -0.980. The van der Waals surface area contributed by atoms with Crippen molar-refractivity contribution in [2.24, 2.45) is 34.6 Å². The van der Waals surface area contributed by atoms with Gasteiger partial charge in [-0.3, -0.25) is 0 Å². The lowest BCUT2D eigenvalue weighted by atomic mass is 9.64. The van der Waals surface area contributed by atoms with Crippen LogP contribution in [0.3, 0.4) is 0 Å². The maximum absolute atomic E-state index is 4.85. The molecule has 0 spiro atoms. The Balaban J connectivity index is 1.25. The summed E-state index contributed by atoms with van der Waals surface area (Å²) >= 11 is 4.85. The van der Waals surface area contributed by atoms with Crippen LogP contribution in [0.4, 0.5) is 5.69 Å². The average Bonchev–Trinajstić information content (AvgIpc) is 2.80. The Kier molecular flexibility index (Phi) is 7.60. The van der Waals surface area contributed by atoms with Crippen LogP contribution in [0, 0.1) is 29.6 Å². The molecule has 1 nitrogen and oxygen atoms in total. The molecule has 2 heteroatoms. The second-order valence-electron chi connectivity index (χ2n) is 10.2. The van der Waals surface area contributed by atoms with E-state index < -0.39 is 0 Å². The van der Waals surface area contributed by atoms with Crippen molar-refractivity contribution in [1.82, 2.24) is 0 Å². The van der Waals surface area contributed by atoms with Crippen molar-refractivity contribution in [3.63, 3.8) is 0 Å². The van der Waals surface area contributed by atoms with Crippen molar-refractivity contribution in [2.45, 2.75) is 96.3 Å². The van der Waals surface area contributed by atoms with Crippen LogP contribution in [0.25, 0.3) is 0 Å². The molecule has 0 atom stereocenters. The van der Waals surface area contributed by atoms with Gasteiger partial charge in [-0.1, -0.05) is 44.4 Å². The molecule has 0 aliphatic heterocycles. The molecular weight excluding hydrogens is 370 g/mol. The molecule has 0 unspecified atom stereocenters. The summed E-state index contributed by atoms with van der Waals surface area (Å²) in [6.07, 6.45) is 19.1. The van der Waals surface area contributed by atoms with Crippen molar-refractivity contribution < 1.29 is 0 Å². The van der Waals surface area contributed by atoms with Crippen molar-refractivity contribution in [3.8, 4) is 0 Å². The number of hydrogen-bond donors (Lipinski definition) is 0. The Morgan fingerprint density at radius 1 is 0.759 bits per heavy atom. The van der Waals surface area contributed by atoms with Crippen LogP contribution in [0.5, 0.6) is 0 Å². The van der Waals surface area contributed by atoms with E-state index in [0.29, 0.717) is 5.92 Å². The highest BCUT2D eigenvalue weighted by molar-refractivity contribution is 7.78. The minimum absolute atomic E-state index is 0.666. The number of isothiocyanates is 1. The molecule has 0 bridgehead atoms. The molecule has 3 aliphatic carbocycles. The normalized spacial score (nSPS) is 35.6. The quantitative estimate of drug-likeness (QED) is 0.350. The average molecular weight is 410 g/mol. The highest BCUT2D eigenvalue weighted by atomic mass is 32.1. The molecule has 0 amide bonds. The second-order valence-corrected chi connectivity index (χ2v) is 10.4. The summed E-state index contributed by atoms with van der Waals surface area (Å²) in [5.41, 5.74) is 2.44. The van der Waals surface area contributed by atoms with Gasteiger partial charge in [0.15, 0.2) is 0 Å². The summed E-state index contributed by atoms with van der Waals surface area (Å²) < 4.78 is 0. The molecule has 3 fully saturated rings. The lowest BCUT2D eigenvalue weighted by Crippen LogP contribution is -2.29. The van der Waals surface area contributed by atoms with Crippen LogP contribution >= 0.6 is 12.2 Å². The number of para-hydroxylation sites is 1. The SMILES string of the molecule is CCC1CCC(C2CCC(C3CCC(c4ccccc4N=C=S)CC3)CC2)CC1. The van der Waals surface area contributed by atoms with Gasteiger partial charge in [0.25, 0.3) is 0 Å². The van der Waals surface area contributed by atoms with E-state index >= 15 is 0 Å². The van der Waals surface area contributed by atoms with Crippen LogP contribution in [0.1, 0.15) is 102 Å². The molecule has 4 rings (SSSR count). The van der Waals surface area contributed by atoms with E-state index in [0.717, 1.165) is 35.3 Å². The Labute approximate surface area is 183 Å². The summed E-state index contributed by atoms with van der Waals surface area (Å²) in [4.78, 5) is 4.32. The van der Waals surface area contributed by atoms with Gasteiger partial charge in [0, 0.05) is 0 Å². The maximum Gasteiger partial charge on any atom is 0.0774 e. The van der Waals surface area contributed by atoms with E-state index in [-0.39, 0.29) is 0 Å². The number of aliphatic imine (C=N–C) groups is 1. The smallest absolute Gasteiger partial charge is 0.0774 e. The Bertz CT molecular complexity index is 682. The zero-order chi connectivity index (χ0) is 20.1. The predicted molar refractivity (Wildman–Crippen MR) is 127 cm³/mol. The molecule has 29 heavy (non-hydrogen) atoms. The number of nitrogens with zero attached hydrogens (tertiary/aromatic N) is 1. The van der Waals surface area contributed by atoms with E-state index in [2.05, 4.69) is 41.3 Å². The van der Waals surface area contributed by atoms with Crippen LogP contribution in [-0.2, 0) is 0 Å². The molecule has 0 saturated heterocycles. The van der Waals surface area contributed by atoms with Gasteiger partial charge >= 0.3 is 0 Å². The third-order valence-corrected chi connectivity index (χ3v) is 9.02. The summed E-state index contributed by atoms with van der Waals surface area (Å²) in [6.45, 7) is 2.38. The summed E-state index contributed by atoms with van der Waals surface area (Å²) in [5, 5.41) is 2.57. The van der Waals surface area contributed by atoms with E-state index in [1.165, 1.54) is 89.0 Å². The second kappa shape index (κ2) is 10.4. The fourth-order valence-corrected chi connectivity index (χ4v) is 7.14. The summed E-state index contributed by atoms with van der Waals surface area (Å²) in [6, 6.07) is 8.57.